The number of hydrogen-bond donors (Lipinski definition) is 1. The van der Waals surface area contributed by atoms with Crippen molar-refractivity contribution in [3.63, 3.8) is 0 Å². The van der Waals surface area contributed by atoms with Crippen molar-refractivity contribution in [1.29, 1.82) is 5.26 Å². The molecular formula is C27H34FN5O. The van der Waals surface area contributed by atoms with Crippen LogP contribution in [0.25, 0.3) is 0 Å². The zero-order valence-corrected chi connectivity index (χ0v) is 19.9. The SMILES string of the molecule is C=C(C(N)CN1C=C2CC1C(=O)N2[C@H](c1ccc(F)cc1)C1CCCC1)N1CC(C)CC1C#N. The first kappa shape index (κ1) is 22.9. The van der Waals surface area contributed by atoms with Crippen LogP contribution in [-0.2, 0) is 4.79 Å². The number of halogens is 1. The van der Waals surface area contributed by atoms with E-state index in [2.05, 4.69) is 30.7 Å². The van der Waals surface area contributed by atoms with Gasteiger partial charge < -0.3 is 20.4 Å². The lowest BCUT2D eigenvalue weighted by Crippen LogP contribution is -2.49. The number of benzene rings is 1. The molecule has 5 atom stereocenters. The number of nitriles is 1. The van der Waals surface area contributed by atoms with Gasteiger partial charge in [0.2, 0.25) is 5.91 Å². The smallest absolute Gasteiger partial charge is 0.250 e. The third kappa shape index (κ3) is 3.98. The summed E-state index contributed by atoms with van der Waals surface area (Å²) >= 11 is 0. The van der Waals surface area contributed by atoms with Gasteiger partial charge in [-0.1, -0.05) is 38.5 Å². The Bertz CT molecular complexity index is 1020. The van der Waals surface area contributed by atoms with E-state index in [9.17, 15) is 14.4 Å². The molecular weight excluding hydrogens is 429 g/mol. The molecule has 34 heavy (non-hydrogen) atoms. The molecule has 2 bridgehead atoms. The van der Waals surface area contributed by atoms with Crippen molar-refractivity contribution in [2.75, 3.05) is 13.1 Å². The molecule has 1 aliphatic carbocycles. The summed E-state index contributed by atoms with van der Waals surface area (Å²) in [5, 5.41) is 9.51. The lowest BCUT2D eigenvalue weighted by Gasteiger charge is -2.39. The standard InChI is InChI=1S/C27H34FN5O/c1-17-11-22(13-29)32(14-17)18(2)24(30)16-31-15-23-12-25(31)27(34)33(23)26(19-5-3-4-6-19)20-7-9-21(28)10-8-20/h7-10,15,17,19,22,24-26H,2-6,11-12,14,16,30H2,1H3/t17?,22?,24?,25?,26-/m0/s1. The monoisotopic (exact) mass is 463 g/mol. The third-order valence-electron chi connectivity index (χ3n) is 8.15. The Labute approximate surface area is 201 Å². The van der Waals surface area contributed by atoms with E-state index >= 15 is 0 Å². The first-order chi connectivity index (χ1) is 16.4. The van der Waals surface area contributed by atoms with E-state index < -0.39 is 0 Å². The maximum absolute atomic E-state index is 13.6. The van der Waals surface area contributed by atoms with Crippen LogP contribution in [0.15, 0.2) is 48.4 Å². The summed E-state index contributed by atoms with van der Waals surface area (Å²) < 4.78 is 13.6. The Morgan fingerprint density at radius 2 is 2.00 bits per heavy atom. The molecule has 1 aromatic rings. The van der Waals surface area contributed by atoms with Gasteiger partial charge in [-0.25, -0.2) is 4.39 Å². The van der Waals surface area contributed by atoms with Crippen LogP contribution in [0.2, 0.25) is 0 Å². The molecule has 4 unspecified atom stereocenters. The summed E-state index contributed by atoms with van der Waals surface area (Å²) in [5.74, 6) is 0.688. The minimum Gasteiger partial charge on any atom is -0.362 e. The molecule has 3 aliphatic heterocycles. The first-order valence-corrected chi connectivity index (χ1v) is 12.5. The third-order valence-corrected chi connectivity index (χ3v) is 8.15. The van der Waals surface area contributed by atoms with Crippen molar-refractivity contribution in [2.24, 2.45) is 17.6 Å². The van der Waals surface area contributed by atoms with Crippen LogP contribution in [-0.4, -0.2) is 51.8 Å². The van der Waals surface area contributed by atoms with Crippen LogP contribution in [0.3, 0.4) is 0 Å². The minimum atomic E-state index is -0.346. The Balaban J connectivity index is 1.33. The van der Waals surface area contributed by atoms with E-state index in [1.165, 1.54) is 25.0 Å². The number of nitrogens with zero attached hydrogens (tertiary/aromatic N) is 4. The maximum Gasteiger partial charge on any atom is 0.250 e. The van der Waals surface area contributed by atoms with E-state index in [0.29, 0.717) is 24.8 Å². The zero-order valence-electron chi connectivity index (χ0n) is 19.9. The number of likely N-dealkylation sites (tertiary alicyclic amines) is 2. The molecule has 7 heteroatoms. The molecule has 0 aromatic heterocycles. The predicted molar refractivity (Wildman–Crippen MR) is 128 cm³/mol. The molecule has 3 fully saturated rings. The Morgan fingerprint density at radius 3 is 2.65 bits per heavy atom. The number of hydrogen-bond acceptors (Lipinski definition) is 5. The fraction of sp³-hybridized carbons (Fsp3) is 0.556. The Kier molecular flexibility index (Phi) is 6.11. The lowest BCUT2D eigenvalue weighted by molar-refractivity contribution is -0.134. The van der Waals surface area contributed by atoms with Crippen LogP contribution in [0.1, 0.15) is 57.1 Å². The van der Waals surface area contributed by atoms with Gasteiger partial charge in [0.25, 0.3) is 0 Å². The van der Waals surface area contributed by atoms with E-state index in [-0.39, 0.29) is 35.9 Å². The summed E-state index contributed by atoms with van der Waals surface area (Å²) in [6, 6.07) is 8.21. The molecule has 0 spiro atoms. The van der Waals surface area contributed by atoms with E-state index in [1.54, 1.807) is 0 Å². The molecule has 180 valence electrons. The van der Waals surface area contributed by atoms with Gasteiger partial charge in [-0.2, -0.15) is 5.26 Å². The largest absolute Gasteiger partial charge is 0.362 e. The normalized spacial score (nSPS) is 28.4. The zero-order chi connectivity index (χ0) is 24.0. The van der Waals surface area contributed by atoms with Gasteiger partial charge in [0.15, 0.2) is 0 Å². The molecule has 3 heterocycles. The lowest BCUT2D eigenvalue weighted by atomic mass is 9.90. The average molecular weight is 464 g/mol. The van der Waals surface area contributed by atoms with Gasteiger partial charge in [0, 0.05) is 37.1 Å². The van der Waals surface area contributed by atoms with Crippen molar-refractivity contribution in [3.8, 4) is 6.07 Å². The fourth-order valence-electron chi connectivity index (χ4n) is 6.43. The van der Waals surface area contributed by atoms with Gasteiger partial charge in [0.1, 0.15) is 17.9 Å². The van der Waals surface area contributed by atoms with Crippen LogP contribution in [0.5, 0.6) is 0 Å². The second-order valence-electron chi connectivity index (χ2n) is 10.5. The number of carbonyl (C=O) groups excluding carboxylic acids is 1. The predicted octanol–water partition coefficient (Wildman–Crippen LogP) is 3.89. The minimum absolute atomic E-state index is 0.0416. The highest BCUT2D eigenvalue weighted by Gasteiger charge is 2.49. The second-order valence-corrected chi connectivity index (χ2v) is 10.5. The first-order valence-electron chi connectivity index (χ1n) is 12.5. The topological polar surface area (TPSA) is 76.6 Å². The average Bonchev–Trinajstić information content (AvgIpc) is 3.60. The molecule has 0 radical (unpaired) electrons. The summed E-state index contributed by atoms with van der Waals surface area (Å²) in [7, 11) is 0. The molecule has 2 saturated heterocycles. The summed E-state index contributed by atoms with van der Waals surface area (Å²) in [4.78, 5) is 19.7. The number of carbonyl (C=O) groups is 1. The van der Waals surface area contributed by atoms with Gasteiger partial charge in [0.05, 0.1) is 18.2 Å². The molecule has 5 rings (SSSR count). The van der Waals surface area contributed by atoms with Gasteiger partial charge in [-0.05, 0) is 48.8 Å². The Morgan fingerprint density at radius 1 is 1.29 bits per heavy atom. The molecule has 1 saturated carbocycles. The summed E-state index contributed by atoms with van der Waals surface area (Å²) in [5.41, 5.74) is 9.35. The van der Waals surface area contributed by atoms with E-state index in [1.807, 2.05) is 21.9 Å². The molecule has 6 nitrogen and oxygen atoms in total. The number of fused-ring (bicyclic) bond motifs is 2. The molecule has 4 aliphatic rings. The second kappa shape index (κ2) is 9.07. The highest BCUT2D eigenvalue weighted by atomic mass is 19.1. The van der Waals surface area contributed by atoms with Gasteiger partial charge in [-0.3, -0.25) is 4.79 Å². The summed E-state index contributed by atoms with van der Waals surface area (Å²) in [6.45, 7) is 7.65. The molecule has 2 N–H and O–H groups in total. The molecule has 1 amide bonds. The number of amides is 1. The van der Waals surface area contributed by atoms with Crippen LogP contribution >= 0.6 is 0 Å². The fourth-order valence-corrected chi connectivity index (χ4v) is 6.43. The van der Waals surface area contributed by atoms with Crippen molar-refractivity contribution in [2.45, 2.75) is 69.6 Å². The molecule has 1 aromatic carbocycles. The highest BCUT2D eigenvalue weighted by molar-refractivity contribution is 5.89. The van der Waals surface area contributed by atoms with E-state index in [0.717, 1.165) is 42.8 Å². The number of rotatable bonds is 7. The van der Waals surface area contributed by atoms with Crippen molar-refractivity contribution < 1.29 is 9.18 Å². The Hall–Kier alpha value is -2.85. The summed E-state index contributed by atoms with van der Waals surface area (Å²) in [6.07, 6.45) is 8.13. The van der Waals surface area contributed by atoms with Gasteiger partial charge in [-0.15, -0.1) is 0 Å². The van der Waals surface area contributed by atoms with Crippen LogP contribution in [0.4, 0.5) is 4.39 Å². The maximum atomic E-state index is 13.6. The highest BCUT2D eigenvalue weighted by Crippen LogP contribution is 2.47. The van der Waals surface area contributed by atoms with Crippen molar-refractivity contribution in [3.05, 3.63) is 59.8 Å². The van der Waals surface area contributed by atoms with Crippen molar-refractivity contribution >= 4 is 5.91 Å². The van der Waals surface area contributed by atoms with Gasteiger partial charge >= 0.3 is 0 Å². The van der Waals surface area contributed by atoms with Crippen LogP contribution in [0, 0.1) is 29.0 Å². The number of nitrogens with two attached hydrogens (primary N) is 1. The quantitative estimate of drug-likeness (QED) is 0.664. The van der Waals surface area contributed by atoms with Crippen LogP contribution < -0.4 is 5.73 Å². The van der Waals surface area contributed by atoms with E-state index in [4.69, 9.17) is 5.73 Å². The van der Waals surface area contributed by atoms with Crippen molar-refractivity contribution in [1.82, 2.24) is 14.7 Å².